The Bertz CT molecular complexity index is 1140. The van der Waals surface area contributed by atoms with Crippen LogP contribution in [0.3, 0.4) is 0 Å². The standard InChI is InChI=1S/C26H24N2O4/c27-24-14-7-13-22(25(29)30)21(24)12-5-6-15-28-26(31)32-16-23-19-10-3-1-8-17(19)18-9-2-4-11-20(18)23/h1-5,7-14,23H,6,15-16,27H2,(H,28,31)(H,29,30). The molecule has 0 spiro atoms. The molecule has 4 rings (SSSR count). The summed E-state index contributed by atoms with van der Waals surface area (Å²) in [6.45, 7) is 0.626. The van der Waals surface area contributed by atoms with E-state index in [4.69, 9.17) is 10.5 Å². The van der Waals surface area contributed by atoms with Crippen molar-refractivity contribution < 1.29 is 19.4 Å². The van der Waals surface area contributed by atoms with E-state index < -0.39 is 12.1 Å². The zero-order valence-electron chi connectivity index (χ0n) is 17.5. The van der Waals surface area contributed by atoms with Crippen LogP contribution < -0.4 is 11.1 Å². The van der Waals surface area contributed by atoms with Gasteiger partial charge in [-0.05, 0) is 40.8 Å². The number of nitrogens with one attached hydrogen (secondary N) is 1. The number of amides is 1. The summed E-state index contributed by atoms with van der Waals surface area (Å²) < 4.78 is 5.50. The second-order valence-corrected chi connectivity index (χ2v) is 7.56. The van der Waals surface area contributed by atoms with Gasteiger partial charge in [0.05, 0.1) is 5.56 Å². The summed E-state index contributed by atoms with van der Waals surface area (Å²) in [6, 6.07) is 21.1. The van der Waals surface area contributed by atoms with Gasteiger partial charge in [-0.1, -0.05) is 66.7 Å². The summed E-state index contributed by atoms with van der Waals surface area (Å²) in [5, 5.41) is 12.0. The predicted molar refractivity (Wildman–Crippen MR) is 125 cm³/mol. The molecule has 0 unspecified atom stereocenters. The molecule has 162 valence electrons. The van der Waals surface area contributed by atoms with Crippen LogP contribution in [0, 0.1) is 0 Å². The molecule has 1 aliphatic rings. The number of rotatable bonds is 7. The molecule has 32 heavy (non-hydrogen) atoms. The number of fused-ring (bicyclic) bond motifs is 3. The lowest BCUT2D eigenvalue weighted by molar-refractivity contribution is 0.0696. The normalized spacial score (nSPS) is 12.4. The van der Waals surface area contributed by atoms with Crippen LogP contribution in [-0.4, -0.2) is 30.3 Å². The van der Waals surface area contributed by atoms with Crippen molar-refractivity contribution in [3.05, 3.63) is 95.1 Å². The van der Waals surface area contributed by atoms with Gasteiger partial charge in [-0.2, -0.15) is 0 Å². The molecule has 0 saturated heterocycles. The first-order valence-electron chi connectivity index (χ1n) is 10.4. The Morgan fingerprint density at radius 1 is 0.969 bits per heavy atom. The average molecular weight is 428 g/mol. The van der Waals surface area contributed by atoms with E-state index in [2.05, 4.69) is 29.6 Å². The summed E-state index contributed by atoms with van der Waals surface area (Å²) in [4.78, 5) is 23.5. The van der Waals surface area contributed by atoms with Crippen molar-refractivity contribution in [2.75, 3.05) is 18.9 Å². The Hall–Kier alpha value is -4.06. The van der Waals surface area contributed by atoms with Gasteiger partial charge in [-0.3, -0.25) is 0 Å². The van der Waals surface area contributed by atoms with Crippen LogP contribution in [0.4, 0.5) is 10.5 Å². The van der Waals surface area contributed by atoms with Crippen molar-refractivity contribution in [1.29, 1.82) is 0 Å². The second-order valence-electron chi connectivity index (χ2n) is 7.56. The third-order valence-electron chi connectivity index (χ3n) is 5.58. The topological polar surface area (TPSA) is 102 Å². The van der Waals surface area contributed by atoms with E-state index in [0.29, 0.717) is 24.2 Å². The number of hydrogen-bond donors (Lipinski definition) is 3. The molecule has 1 aliphatic carbocycles. The quantitative estimate of drug-likeness (QED) is 0.367. The van der Waals surface area contributed by atoms with Crippen LogP contribution in [0.5, 0.6) is 0 Å². The number of carboxylic acids is 1. The molecule has 0 fully saturated rings. The zero-order valence-corrected chi connectivity index (χ0v) is 17.5. The van der Waals surface area contributed by atoms with Gasteiger partial charge in [-0.25, -0.2) is 9.59 Å². The maximum atomic E-state index is 12.2. The largest absolute Gasteiger partial charge is 0.478 e. The minimum atomic E-state index is -1.03. The van der Waals surface area contributed by atoms with Gasteiger partial charge in [0.1, 0.15) is 6.61 Å². The monoisotopic (exact) mass is 428 g/mol. The van der Waals surface area contributed by atoms with Crippen molar-refractivity contribution in [3.8, 4) is 11.1 Å². The molecule has 0 heterocycles. The summed E-state index contributed by atoms with van der Waals surface area (Å²) in [5.41, 5.74) is 11.6. The number of carbonyl (C=O) groups excluding carboxylic acids is 1. The van der Waals surface area contributed by atoms with Crippen LogP contribution in [0.2, 0.25) is 0 Å². The van der Waals surface area contributed by atoms with Crippen LogP contribution in [0.15, 0.2) is 72.8 Å². The fraction of sp³-hybridized carbons (Fsp3) is 0.154. The Morgan fingerprint density at radius 3 is 2.28 bits per heavy atom. The molecule has 0 atom stereocenters. The highest BCUT2D eigenvalue weighted by molar-refractivity contribution is 5.94. The number of alkyl carbamates (subject to hydrolysis) is 1. The predicted octanol–water partition coefficient (Wildman–Crippen LogP) is 4.91. The molecular formula is C26H24N2O4. The van der Waals surface area contributed by atoms with Gasteiger partial charge in [-0.15, -0.1) is 0 Å². The highest BCUT2D eigenvalue weighted by atomic mass is 16.5. The van der Waals surface area contributed by atoms with E-state index in [9.17, 15) is 14.7 Å². The van der Waals surface area contributed by atoms with Crippen molar-refractivity contribution in [2.24, 2.45) is 0 Å². The van der Waals surface area contributed by atoms with E-state index in [1.54, 1.807) is 24.3 Å². The maximum absolute atomic E-state index is 12.2. The lowest BCUT2D eigenvalue weighted by atomic mass is 9.98. The maximum Gasteiger partial charge on any atom is 0.407 e. The summed E-state index contributed by atoms with van der Waals surface area (Å²) in [6.07, 6.45) is 3.48. The fourth-order valence-electron chi connectivity index (χ4n) is 4.06. The Kier molecular flexibility index (Phi) is 6.22. The number of hydrogen-bond acceptors (Lipinski definition) is 4. The molecule has 1 amide bonds. The Labute approximate surface area is 186 Å². The molecule has 6 heteroatoms. The number of carbonyl (C=O) groups is 2. The Balaban J connectivity index is 1.30. The molecule has 6 nitrogen and oxygen atoms in total. The van der Waals surface area contributed by atoms with Gasteiger partial charge in [0.25, 0.3) is 0 Å². The van der Waals surface area contributed by atoms with Gasteiger partial charge in [0, 0.05) is 23.7 Å². The Morgan fingerprint density at radius 2 is 1.62 bits per heavy atom. The van der Waals surface area contributed by atoms with E-state index in [1.165, 1.54) is 28.3 Å². The number of anilines is 1. The van der Waals surface area contributed by atoms with Crippen LogP contribution in [0.1, 0.15) is 39.4 Å². The highest BCUT2D eigenvalue weighted by Crippen LogP contribution is 2.44. The minimum absolute atomic E-state index is 0.0172. The highest BCUT2D eigenvalue weighted by Gasteiger charge is 2.28. The SMILES string of the molecule is Nc1cccc(C(=O)O)c1C=CCCNC(=O)OCC1c2ccccc2-c2ccccc21. The lowest BCUT2D eigenvalue weighted by Gasteiger charge is -2.14. The number of aromatic carboxylic acids is 1. The number of nitrogens with two attached hydrogens (primary N) is 1. The van der Waals surface area contributed by atoms with Gasteiger partial charge < -0.3 is 20.9 Å². The summed E-state index contributed by atoms with van der Waals surface area (Å²) in [7, 11) is 0. The zero-order chi connectivity index (χ0) is 22.5. The van der Waals surface area contributed by atoms with Gasteiger partial charge >= 0.3 is 12.1 Å². The summed E-state index contributed by atoms with van der Waals surface area (Å²) in [5.74, 6) is -1.02. The molecule has 0 aromatic heterocycles. The van der Waals surface area contributed by atoms with E-state index in [0.717, 1.165) is 0 Å². The third-order valence-corrected chi connectivity index (χ3v) is 5.58. The van der Waals surface area contributed by atoms with Crippen molar-refractivity contribution in [2.45, 2.75) is 12.3 Å². The van der Waals surface area contributed by atoms with Crippen LogP contribution >= 0.6 is 0 Å². The van der Waals surface area contributed by atoms with E-state index >= 15 is 0 Å². The van der Waals surface area contributed by atoms with Crippen LogP contribution in [0.25, 0.3) is 17.2 Å². The molecule has 0 saturated carbocycles. The first-order chi connectivity index (χ1) is 15.6. The number of nitrogen functional groups attached to an aromatic ring is 1. The fourth-order valence-corrected chi connectivity index (χ4v) is 4.06. The smallest absolute Gasteiger partial charge is 0.407 e. The lowest BCUT2D eigenvalue weighted by Crippen LogP contribution is -2.26. The van der Waals surface area contributed by atoms with Gasteiger partial charge in [0.15, 0.2) is 0 Å². The first-order valence-corrected chi connectivity index (χ1v) is 10.4. The third kappa shape index (κ3) is 4.34. The van der Waals surface area contributed by atoms with E-state index in [1.807, 2.05) is 24.3 Å². The van der Waals surface area contributed by atoms with E-state index in [-0.39, 0.29) is 18.1 Å². The average Bonchev–Trinajstić information content (AvgIpc) is 3.12. The number of ether oxygens (including phenoxy) is 1. The van der Waals surface area contributed by atoms with Crippen molar-refractivity contribution in [3.63, 3.8) is 0 Å². The second kappa shape index (κ2) is 9.39. The molecule has 0 bridgehead atoms. The molecule has 3 aromatic rings. The number of carboxylic acid groups (broad SMARTS) is 1. The molecule has 0 aliphatic heterocycles. The molecule has 3 aromatic carbocycles. The summed E-state index contributed by atoms with van der Waals surface area (Å²) >= 11 is 0. The molecule has 4 N–H and O–H groups in total. The molecule has 0 radical (unpaired) electrons. The van der Waals surface area contributed by atoms with Crippen molar-refractivity contribution >= 4 is 23.8 Å². The van der Waals surface area contributed by atoms with Crippen molar-refractivity contribution in [1.82, 2.24) is 5.32 Å². The number of benzene rings is 3. The van der Waals surface area contributed by atoms with Crippen LogP contribution in [-0.2, 0) is 4.74 Å². The van der Waals surface area contributed by atoms with Gasteiger partial charge in [0.2, 0.25) is 0 Å². The molecular weight excluding hydrogens is 404 g/mol. The minimum Gasteiger partial charge on any atom is -0.478 e. The first kappa shape index (κ1) is 21.2.